The molecule has 1 radical (unpaired) electrons. The molecule has 0 saturated carbocycles. The number of alkyl halides is 6. The van der Waals surface area contributed by atoms with Crippen molar-refractivity contribution in [1.29, 1.82) is 0 Å². The SMILES string of the molecule is CC(C)(C1=N[C@@H](C(C)(C)C)CO1)C1=N[C@@H](C(C)(C)C)CO1.O=S(=O)(O)C(F)(F)F.O=S(=O)(O)C(F)(F)F.[Cu]. The smallest absolute Gasteiger partial charge is 0.478 e. The van der Waals surface area contributed by atoms with Crippen molar-refractivity contribution in [3.8, 4) is 0 Å². The second-order valence-electron chi connectivity index (χ2n) is 10.7. The fourth-order valence-corrected chi connectivity index (χ4v) is 2.41. The van der Waals surface area contributed by atoms with E-state index in [0.29, 0.717) is 13.2 Å². The number of hydrogen-bond donors (Lipinski definition) is 2. The summed E-state index contributed by atoms with van der Waals surface area (Å²) >= 11 is 0. The molecule has 0 aromatic carbocycles. The minimum absolute atomic E-state index is 0. The van der Waals surface area contributed by atoms with Crippen LogP contribution in [0.5, 0.6) is 0 Å². The Kier molecular flexibility index (Phi) is 12.9. The van der Waals surface area contributed by atoms with Crippen LogP contribution < -0.4 is 0 Å². The van der Waals surface area contributed by atoms with Crippen LogP contribution in [-0.4, -0.2) is 74.1 Å². The fourth-order valence-electron chi connectivity index (χ4n) is 2.41. The van der Waals surface area contributed by atoms with Crippen LogP contribution in [0.25, 0.3) is 0 Å². The first-order valence-electron chi connectivity index (χ1n) is 10.4. The summed E-state index contributed by atoms with van der Waals surface area (Å²) in [6.07, 6.45) is 0. The summed E-state index contributed by atoms with van der Waals surface area (Å²) in [5.74, 6) is 1.52. The zero-order valence-electron chi connectivity index (χ0n) is 21.7. The number of rotatable bonds is 2. The molecular weight excluding hydrogens is 626 g/mol. The Morgan fingerprint density at radius 1 is 0.658 bits per heavy atom. The number of nitrogens with zero attached hydrogens (tertiary/aromatic N) is 2. The molecule has 2 rings (SSSR count). The summed E-state index contributed by atoms with van der Waals surface area (Å²) in [5.41, 5.74) is -11.2. The van der Waals surface area contributed by atoms with E-state index >= 15 is 0 Å². The van der Waals surface area contributed by atoms with Crippen molar-refractivity contribution in [3.05, 3.63) is 0 Å². The van der Waals surface area contributed by atoms with Crippen LogP contribution in [0.1, 0.15) is 55.4 Å². The molecule has 2 heterocycles. The quantitative estimate of drug-likeness (QED) is 0.191. The van der Waals surface area contributed by atoms with Gasteiger partial charge in [-0.2, -0.15) is 43.2 Å². The maximum atomic E-state index is 10.7. The summed E-state index contributed by atoms with van der Waals surface area (Å²) < 4.78 is 127. The number of halogens is 6. The van der Waals surface area contributed by atoms with Crippen molar-refractivity contribution >= 4 is 32.0 Å². The molecule has 0 saturated heterocycles. The molecule has 2 atom stereocenters. The van der Waals surface area contributed by atoms with E-state index in [-0.39, 0.29) is 45.4 Å². The van der Waals surface area contributed by atoms with Crippen LogP contribution in [0, 0.1) is 16.2 Å². The van der Waals surface area contributed by atoms with Crippen molar-refractivity contribution in [2.45, 2.75) is 78.5 Å². The van der Waals surface area contributed by atoms with E-state index in [9.17, 15) is 26.3 Å². The maximum absolute atomic E-state index is 10.7. The van der Waals surface area contributed by atoms with Crippen molar-refractivity contribution in [3.63, 3.8) is 0 Å². The monoisotopic (exact) mass is 657 g/mol. The molecule has 0 aromatic heterocycles. The first kappa shape index (κ1) is 39.0. The van der Waals surface area contributed by atoms with Gasteiger partial charge in [0.25, 0.3) is 0 Å². The third kappa shape index (κ3) is 11.5. The van der Waals surface area contributed by atoms with E-state index in [4.69, 9.17) is 45.4 Å². The molecular formula is C19H32CuF6N2O8S2. The van der Waals surface area contributed by atoms with Gasteiger partial charge in [0.15, 0.2) is 11.8 Å². The average Bonchev–Trinajstić information content (AvgIpc) is 3.29. The van der Waals surface area contributed by atoms with Gasteiger partial charge in [0.05, 0.1) is 12.1 Å². The van der Waals surface area contributed by atoms with Crippen LogP contribution in [0.15, 0.2) is 9.98 Å². The Morgan fingerprint density at radius 3 is 1.00 bits per heavy atom. The number of aliphatic imine (C=N–C) groups is 2. The van der Waals surface area contributed by atoms with E-state index in [1.807, 2.05) is 0 Å². The molecule has 19 heteroatoms. The van der Waals surface area contributed by atoms with Gasteiger partial charge in [-0.15, -0.1) is 0 Å². The predicted octanol–water partition coefficient (Wildman–Crippen LogP) is 4.48. The second kappa shape index (κ2) is 12.6. The summed E-state index contributed by atoms with van der Waals surface area (Å²) in [4.78, 5) is 9.59. The molecule has 0 fully saturated rings. The fraction of sp³-hybridized carbons (Fsp3) is 0.895. The Morgan fingerprint density at radius 2 is 0.868 bits per heavy atom. The van der Waals surface area contributed by atoms with Crippen molar-refractivity contribution in [2.75, 3.05) is 13.2 Å². The van der Waals surface area contributed by atoms with Crippen molar-refractivity contribution in [1.82, 2.24) is 0 Å². The van der Waals surface area contributed by atoms with Crippen molar-refractivity contribution in [2.24, 2.45) is 26.2 Å². The molecule has 2 N–H and O–H groups in total. The zero-order chi connectivity index (χ0) is 30.1. The van der Waals surface area contributed by atoms with Gasteiger partial charge in [0, 0.05) is 17.1 Å². The van der Waals surface area contributed by atoms with E-state index < -0.39 is 31.3 Å². The van der Waals surface area contributed by atoms with Crippen LogP contribution >= 0.6 is 0 Å². The molecule has 0 spiro atoms. The van der Waals surface area contributed by atoms with Gasteiger partial charge < -0.3 is 9.47 Å². The topological polar surface area (TPSA) is 152 Å². The molecule has 10 nitrogen and oxygen atoms in total. The summed E-state index contributed by atoms with van der Waals surface area (Å²) in [5, 5.41) is 0. The second-order valence-corrected chi connectivity index (χ2v) is 13.5. The molecule has 0 aliphatic carbocycles. The normalized spacial score (nSPS) is 20.8. The molecule has 0 bridgehead atoms. The molecule has 0 aromatic rings. The Labute approximate surface area is 228 Å². The third-order valence-electron chi connectivity index (χ3n) is 4.96. The van der Waals surface area contributed by atoms with Crippen LogP contribution in [0.4, 0.5) is 26.3 Å². The summed E-state index contributed by atoms with van der Waals surface area (Å²) in [6, 6.07) is 0.402. The van der Waals surface area contributed by atoms with E-state index in [1.54, 1.807) is 0 Å². The largest absolute Gasteiger partial charge is 0.522 e. The molecule has 38 heavy (non-hydrogen) atoms. The minimum atomic E-state index is -5.84. The van der Waals surface area contributed by atoms with E-state index in [1.165, 1.54) is 0 Å². The maximum Gasteiger partial charge on any atom is 0.522 e. The van der Waals surface area contributed by atoms with E-state index in [0.717, 1.165) is 11.8 Å². The summed E-state index contributed by atoms with van der Waals surface area (Å²) in [7, 11) is -11.7. The van der Waals surface area contributed by atoms with Gasteiger partial charge in [-0.25, -0.2) is 9.98 Å². The van der Waals surface area contributed by atoms with Gasteiger partial charge in [0.1, 0.15) is 18.6 Å². The number of hydrogen-bond acceptors (Lipinski definition) is 8. The first-order chi connectivity index (χ1) is 15.9. The van der Waals surface area contributed by atoms with E-state index in [2.05, 4.69) is 55.4 Å². The van der Waals surface area contributed by atoms with Gasteiger partial charge >= 0.3 is 31.3 Å². The molecule has 2 aliphatic heterocycles. The van der Waals surface area contributed by atoms with Gasteiger partial charge in [0.2, 0.25) is 0 Å². The number of ether oxygens (including phenoxy) is 2. The summed E-state index contributed by atoms with van der Waals surface area (Å²) in [6.45, 7) is 18.6. The Bertz CT molecular complexity index is 990. The minimum Gasteiger partial charge on any atom is -0.478 e. The molecule has 231 valence electrons. The molecule has 0 unspecified atom stereocenters. The predicted molar refractivity (Wildman–Crippen MR) is 122 cm³/mol. The first-order valence-corrected chi connectivity index (χ1v) is 13.3. The zero-order valence-corrected chi connectivity index (χ0v) is 24.3. The van der Waals surface area contributed by atoms with Crippen LogP contribution in [0.3, 0.4) is 0 Å². The molecule has 2 aliphatic rings. The van der Waals surface area contributed by atoms with Crippen LogP contribution in [0.2, 0.25) is 0 Å². The van der Waals surface area contributed by atoms with Gasteiger partial charge in [-0.05, 0) is 24.7 Å². The van der Waals surface area contributed by atoms with Crippen LogP contribution in [-0.2, 0) is 46.8 Å². The van der Waals surface area contributed by atoms with Gasteiger partial charge in [-0.3, -0.25) is 9.11 Å². The third-order valence-corrected chi connectivity index (χ3v) is 6.13. The Hall–Kier alpha value is -1.14. The average molecular weight is 658 g/mol. The Balaban J connectivity index is 0. The standard InChI is InChI=1S/C17H30N2O2.2CHF3O3S.Cu/c1-15(2,3)11-9-20-13(18-11)17(7,8)14-19-12(10-21-14)16(4,5)6;2*2-1(3,4)8(5,6)7;/h11-12H,9-10H2,1-8H3;2*(H,5,6,7);/t11-,12-;;;/m1.../s1. The molecule has 0 amide bonds. The van der Waals surface area contributed by atoms with Crippen molar-refractivity contribution < 1.29 is 78.8 Å². The van der Waals surface area contributed by atoms with Gasteiger partial charge in [-0.1, -0.05) is 41.5 Å².